The van der Waals surface area contributed by atoms with E-state index in [1.807, 2.05) is 0 Å². The predicted octanol–water partition coefficient (Wildman–Crippen LogP) is 2.72. The first kappa shape index (κ1) is 15.8. The summed E-state index contributed by atoms with van der Waals surface area (Å²) in [5.74, 6) is -0.838. The normalized spacial score (nSPS) is 16.5. The Labute approximate surface area is 124 Å². The van der Waals surface area contributed by atoms with Crippen molar-refractivity contribution in [3.8, 4) is 0 Å². The highest BCUT2D eigenvalue weighted by atomic mass is 32.2. The van der Waals surface area contributed by atoms with E-state index in [2.05, 4.69) is 10.0 Å². The predicted molar refractivity (Wildman–Crippen MR) is 80.1 cm³/mol. The SMILES string of the molecule is CS(=O)(=O)Nc1ccc(NC(=O)C2CCCCC2)cc1F. The van der Waals surface area contributed by atoms with Crippen LogP contribution >= 0.6 is 0 Å². The summed E-state index contributed by atoms with van der Waals surface area (Å²) in [4.78, 5) is 12.0. The largest absolute Gasteiger partial charge is 0.326 e. The molecule has 1 saturated carbocycles. The summed E-state index contributed by atoms with van der Waals surface area (Å²) < 4.78 is 38.0. The van der Waals surface area contributed by atoms with Gasteiger partial charge in [0, 0.05) is 11.6 Å². The van der Waals surface area contributed by atoms with E-state index in [-0.39, 0.29) is 17.5 Å². The van der Waals surface area contributed by atoms with Crippen LogP contribution in [-0.4, -0.2) is 20.6 Å². The van der Waals surface area contributed by atoms with Gasteiger partial charge in [-0.05, 0) is 31.0 Å². The number of benzene rings is 1. The van der Waals surface area contributed by atoms with Crippen LogP contribution in [-0.2, 0) is 14.8 Å². The number of hydrogen-bond donors (Lipinski definition) is 2. The highest BCUT2D eigenvalue weighted by molar-refractivity contribution is 7.92. The molecule has 1 fully saturated rings. The van der Waals surface area contributed by atoms with Crippen molar-refractivity contribution in [2.24, 2.45) is 5.92 Å². The standard InChI is InChI=1S/C14H19FN2O3S/c1-21(19,20)17-13-8-7-11(9-12(13)15)16-14(18)10-5-3-2-4-6-10/h7-10,17H,2-6H2,1H3,(H,16,18). The number of sulfonamides is 1. The van der Waals surface area contributed by atoms with Gasteiger partial charge >= 0.3 is 0 Å². The van der Waals surface area contributed by atoms with E-state index in [1.54, 1.807) is 0 Å². The topological polar surface area (TPSA) is 75.3 Å². The Hall–Kier alpha value is -1.63. The fourth-order valence-corrected chi connectivity index (χ4v) is 3.05. The van der Waals surface area contributed by atoms with Gasteiger partial charge in [0.25, 0.3) is 0 Å². The molecule has 0 bridgehead atoms. The molecule has 0 heterocycles. The molecule has 2 N–H and O–H groups in total. The fourth-order valence-electron chi connectivity index (χ4n) is 2.48. The zero-order valence-corrected chi connectivity index (χ0v) is 12.7. The van der Waals surface area contributed by atoms with E-state index in [4.69, 9.17) is 0 Å². The van der Waals surface area contributed by atoms with Gasteiger partial charge < -0.3 is 5.32 Å². The van der Waals surface area contributed by atoms with Crippen molar-refractivity contribution in [3.05, 3.63) is 24.0 Å². The van der Waals surface area contributed by atoms with Gasteiger partial charge in [0.05, 0.1) is 11.9 Å². The number of amides is 1. The molecule has 0 saturated heterocycles. The van der Waals surface area contributed by atoms with E-state index >= 15 is 0 Å². The van der Waals surface area contributed by atoms with Crippen molar-refractivity contribution in [2.45, 2.75) is 32.1 Å². The molecule has 1 aliphatic rings. The van der Waals surface area contributed by atoms with Gasteiger partial charge in [-0.15, -0.1) is 0 Å². The molecular weight excluding hydrogens is 295 g/mol. The minimum absolute atomic E-state index is 0.0179. The number of carbonyl (C=O) groups excluding carboxylic acids is 1. The van der Waals surface area contributed by atoms with Gasteiger partial charge in [0.1, 0.15) is 5.82 Å². The maximum Gasteiger partial charge on any atom is 0.229 e. The molecule has 0 aliphatic heterocycles. The molecule has 2 rings (SSSR count). The molecule has 0 spiro atoms. The van der Waals surface area contributed by atoms with Crippen LogP contribution in [0.1, 0.15) is 32.1 Å². The van der Waals surface area contributed by atoms with E-state index in [0.717, 1.165) is 44.4 Å². The lowest BCUT2D eigenvalue weighted by atomic mass is 9.88. The van der Waals surface area contributed by atoms with E-state index in [0.29, 0.717) is 5.69 Å². The maximum absolute atomic E-state index is 13.8. The number of carbonyl (C=O) groups is 1. The number of hydrogen-bond acceptors (Lipinski definition) is 3. The van der Waals surface area contributed by atoms with Gasteiger partial charge in [-0.1, -0.05) is 19.3 Å². The van der Waals surface area contributed by atoms with Gasteiger partial charge in [0.2, 0.25) is 15.9 Å². The average Bonchev–Trinajstić information content (AvgIpc) is 2.41. The fraction of sp³-hybridized carbons (Fsp3) is 0.500. The van der Waals surface area contributed by atoms with Crippen molar-refractivity contribution in [3.63, 3.8) is 0 Å². The number of rotatable bonds is 4. The number of halogens is 1. The van der Waals surface area contributed by atoms with Gasteiger partial charge in [-0.2, -0.15) is 0 Å². The molecule has 1 aromatic rings. The van der Waals surface area contributed by atoms with Gasteiger partial charge in [-0.25, -0.2) is 12.8 Å². The van der Waals surface area contributed by atoms with Crippen LogP contribution in [0.2, 0.25) is 0 Å². The lowest BCUT2D eigenvalue weighted by Crippen LogP contribution is -2.24. The quantitative estimate of drug-likeness (QED) is 0.897. The van der Waals surface area contributed by atoms with Gasteiger partial charge in [0.15, 0.2) is 0 Å². The first-order valence-corrected chi connectivity index (χ1v) is 8.82. The van der Waals surface area contributed by atoms with Crippen LogP contribution in [0.3, 0.4) is 0 Å². The van der Waals surface area contributed by atoms with Crippen LogP contribution in [0.25, 0.3) is 0 Å². The third kappa shape index (κ3) is 4.70. The lowest BCUT2D eigenvalue weighted by molar-refractivity contribution is -0.120. The Morgan fingerprint density at radius 3 is 2.48 bits per heavy atom. The second-order valence-electron chi connectivity index (χ2n) is 5.39. The van der Waals surface area contributed by atoms with Crippen molar-refractivity contribution in [2.75, 3.05) is 16.3 Å². The van der Waals surface area contributed by atoms with Crippen molar-refractivity contribution in [1.82, 2.24) is 0 Å². The average molecular weight is 314 g/mol. The third-order valence-electron chi connectivity index (χ3n) is 3.51. The van der Waals surface area contributed by atoms with Crippen LogP contribution in [0.4, 0.5) is 15.8 Å². The molecular formula is C14H19FN2O3S. The van der Waals surface area contributed by atoms with Crippen molar-refractivity contribution in [1.29, 1.82) is 0 Å². The minimum Gasteiger partial charge on any atom is -0.326 e. The maximum atomic E-state index is 13.8. The van der Waals surface area contributed by atoms with Crippen molar-refractivity contribution >= 4 is 27.3 Å². The summed E-state index contributed by atoms with van der Waals surface area (Å²) >= 11 is 0. The summed E-state index contributed by atoms with van der Waals surface area (Å²) in [6.45, 7) is 0. The van der Waals surface area contributed by atoms with E-state index < -0.39 is 15.8 Å². The molecule has 1 amide bonds. The van der Waals surface area contributed by atoms with Crippen LogP contribution < -0.4 is 10.0 Å². The molecule has 7 heteroatoms. The minimum atomic E-state index is -3.53. The first-order chi connectivity index (χ1) is 9.85. The summed E-state index contributed by atoms with van der Waals surface area (Å²) in [5, 5.41) is 2.69. The van der Waals surface area contributed by atoms with Crippen LogP contribution in [0.5, 0.6) is 0 Å². The van der Waals surface area contributed by atoms with E-state index in [1.165, 1.54) is 12.1 Å². The zero-order chi connectivity index (χ0) is 15.5. The number of anilines is 2. The summed E-state index contributed by atoms with van der Waals surface area (Å²) in [6.07, 6.45) is 5.92. The number of nitrogens with one attached hydrogen (secondary N) is 2. The van der Waals surface area contributed by atoms with Gasteiger partial charge in [-0.3, -0.25) is 9.52 Å². The van der Waals surface area contributed by atoms with Crippen LogP contribution in [0, 0.1) is 11.7 Å². The third-order valence-corrected chi connectivity index (χ3v) is 4.10. The molecule has 21 heavy (non-hydrogen) atoms. The summed E-state index contributed by atoms with van der Waals surface area (Å²) in [6, 6.07) is 3.90. The summed E-state index contributed by atoms with van der Waals surface area (Å²) in [5.41, 5.74) is 0.204. The molecule has 0 atom stereocenters. The highest BCUT2D eigenvalue weighted by Gasteiger charge is 2.21. The zero-order valence-electron chi connectivity index (χ0n) is 11.9. The Morgan fingerprint density at radius 1 is 1.24 bits per heavy atom. The molecule has 1 aromatic carbocycles. The van der Waals surface area contributed by atoms with Crippen molar-refractivity contribution < 1.29 is 17.6 Å². The lowest BCUT2D eigenvalue weighted by Gasteiger charge is -2.20. The monoisotopic (exact) mass is 314 g/mol. The highest BCUT2D eigenvalue weighted by Crippen LogP contribution is 2.26. The summed E-state index contributed by atoms with van der Waals surface area (Å²) in [7, 11) is -3.53. The molecule has 0 aromatic heterocycles. The molecule has 0 radical (unpaired) electrons. The first-order valence-electron chi connectivity index (χ1n) is 6.93. The van der Waals surface area contributed by atoms with E-state index in [9.17, 15) is 17.6 Å². The smallest absolute Gasteiger partial charge is 0.229 e. The molecule has 0 unspecified atom stereocenters. The van der Waals surface area contributed by atoms with Crippen LogP contribution in [0.15, 0.2) is 18.2 Å². The second kappa shape index (κ2) is 6.43. The second-order valence-corrected chi connectivity index (χ2v) is 7.14. The Morgan fingerprint density at radius 2 is 1.90 bits per heavy atom. The molecule has 1 aliphatic carbocycles. The Kier molecular flexibility index (Phi) is 4.82. The molecule has 5 nitrogen and oxygen atoms in total. The Bertz CT molecular complexity index is 625. The Balaban J connectivity index is 2.04. The molecule has 116 valence electrons.